The number of β-amino-alcohol motifs (C(OH)–C–C–N with tert-alkyl or cyclic N) is 1. The molecular weight excluding hydrogens is 162 g/mol. The maximum atomic E-state index is 10.3. The molecule has 1 saturated heterocycles. The van der Waals surface area contributed by atoms with Crippen LogP contribution in [0.4, 0.5) is 0 Å². The van der Waals surface area contributed by atoms with Crippen molar-refractivity contribution in [1.29, 1.82) is 0 Å². The van der Waals surface area contributed by atoms with Gasteiger partial charge in [-0.15, -0.1) is 0 Å². The van der Waals surface area contributed by atoms with Crippen molar-refractivity contribution in [3.8, 4) is 0 Å². The Hall–Kier alpha value is -0.0800. The molecule has 1 aliphatic rings. The van der Waals surface area contributed by atoms with Crippen LogP contribution in [-0.2, 0) is 0 Å². The minimum Gasteiger partial charge on any atom is -0.388 e. The Morgan fingerprint density at radius 3 is 2.08 bits per heavy atom. The summed E-state index contributed by atoms with van der Waals surface area (Å²) >= 11 is 0. The van der Waals surface area contributed by atoms with Crippen LogP contribution in [-0.4, -0.2) is 34.2 Å². The van der Waals surface area contributed by atoms with Crippen molar-refractivity contribution in [3.05, 3.63) is 0 Å². The predicted molar refractivity (Wildman–Crippen MR) is 55.7 cm³/mol. The molecule has 1 fully saturated rings. The summed E-state index contributed by atoms with van der Waals surface area (Å²) in [6.07, 6.45) is 0.919. The molecule has 0 amide bonds. The number of likely N-dealkylation sites (tertiary alicyclic amines) is 1. The molecule has 0 aromatic carbocycles. The van der Waals surface area contributed by atoms with E-state index in [0.29, 0.717) is 5.92 Å². The lowest BCUT2D eigenvalue weighted by atomic mass is 9.89. The molecule has 1 heterocycles. The van der Waals surface area contributed by atoms with Gasteiger partial charge in [-0.05, 0) is 33.1 Å². The van der Waals surface area contributed by atoms with Crippen molar-refractivity contribution >= 4 is 0 Å². The first kappa shape index (κ1) is 11.0. The second-order valence-corrected chi connectivity index (χ2v) is 5.60. The molecule has 1 unspecified atom stereocenters. The van der Waals surface area contributed by atoms with E-state index in [-0.39, 0.29) is 5.54 Å². The number of hydrogen-bond donors (Lipinski definition) is 1. The molecular formula is C11H23NO. The zero-order chi connectivity index (χ0) is 10.3. The summed E-state index contributed by atoms with van der Waals surface area (Å²) in [6, 6.07) is 0. The second kappa shape index (κ2) is 3.25. The molecule has 1 atom stereocenters. The molecule has 0 radical (unpaired) electrons. The zero-order valence-electron chi connectivity index (χ0n) is 9.59. The van der Waals surface area contributed by atoms with Gasteiger partial charge in [0, 0.05) is 18.6 Å². The van der Waals surface area contributed by atoms with Gasteiger partial charge >= 0.3 is 0 Å². The fraction of sp³-hybridized carbons (Fsp3) is 1.00. The van der Waals surface area contributed by atoms with Crippen LogP contribution < -0.4 is 0 Å². The Morgan fingerprint density at radius 2 is 1.85 bits per heavy atom. The van der Waals surface area contributed by atoms with Gasteiger partial charge in [-0.25, -0.2) is 0 Å². The molecule has 2 heteroatoms. The molecule has 0 aromatic rings. The molecule has 13 heavy (non-hydrogen) atoms. The molecule has 1 rings (SSSR count). The molecule has 1 aliphatic heterocycles. The maximum absolute atomic E-state index is 10.3. The van der Waals surface area contributed by atoms with Gasteiger partial charge in [0.1, 0.15) is 0 Å². The average Bonchev–Trinajstić information content (AvgIpc) is 2.31. The van der Waals surface area contributed by atoms with Crippen molar-refractivity contribution in [2.24, 2.45) is 5.92 Å². The van der Waals surface area contributed by atoms with Crippen LogP contribution in [0.5, 0.6) is 0 Å². The number of aliphatic hydroxyl groups is 1. The van der Waals surface area contributed by atoms with E-state index in [0.717, 1.165) is 19.5 Å². The van der Waals surface area contributed by atoms with Gasteiger partial charge in [0.25, 0.3) is 0 Å². The minimum absolute atomic E-state index is 0.194. The van der Waals surface area contributed by atoms with E-state index in [1.807, 2.05) is 0 Å². The van der Waals surface area contributed by atoms with Crippen LogP contribution in [0.2, 0.25) is 0 Å². The van der Waals surface area contributed by atoms with Crippen molar-refractivity contribution in [2.75, 3.05) is 13.1 Å². The summed E-state index contributed by atoms with van der Waals surface area (Å²) in [7, 11) is 0. The Kier molecular flexibility index (Phi) is 2.75. The Balaban J connectivity index is 2.64. The van der Waals surface area contributed by atoms with Crippen molar-refractivity contribution in [2.45, 2.75) is 52.2 Å². The Bertz CT molecular complexity index is 183. The van der Waals surface area contributed by atoms with Gasteiger partial charge in [0.05, 0.1) is 5.60 Å². The SMILES string of the molecule is CC(C)C1(O)CCN(C(C)(C)C)C1. The summed E-state index contributed by atoms with van der Waals surface area (Å²) in [5, 5.41) is 10.3. The molecule has 0 aliphatic carbocycles. The highest BCUT2D eigenvalue weighted by Gasteiger charge is 2.41. The Labute approximate surface area is 81.9 Å². The van der Waals surface area contributed by atoms with E-state index in [9.17, 15) is 5.11 Å². The fourth-order valence-corrected chi connectivity index (χ4v) is 1.86. The van der Waals surface area contributed by atoms with Crippen LogP contribution in [0.15, 0.2) is 0 Å². The predicted octanol–water partition coefficient (Wildman–Crippen LogP) is 1.88. The number of rotatable bonds is 1. The second-order valence-electron chi connectivity index (χ2n) is 5.60. The monoisotopic (exact) mass is 185 g/mol. The molecule has 1 N–H and O–H groups in total. The smallest absolute Gasteiger partial charge is 0.0809 e. The van der Waals surface area contributed by atoms with Crippen LogP contribution in [0, 0.1) is 5.92 Å². The third-order valence-corrected chi connectivity index (χ3v) is 3.30. The van der Waals surface area contributed by atoms with E-state index < -0.39 is 5.60 Å². The van der Waals surface area contributed by atoms with Gasteiger partial charge in [0.2, 0.25) is 0 Å². The summed E-state index contributed by atoms with van der Waals surface area (Å²) in [4.78, 5) is 2.37. The third kappa shape index (κ3) is 2.23. The van der Waals surface area contributed by atoms with Gasteiger partial charge < -0.3 is 5.11 Å². The van der Waals surface area contributed by atoms with E-state index in [1.54, 1.807) is 0 Å². The van der Waals surface area contributed by atoms with Crippen LogP contribution in [0.1, 0.15) is 41.0 Å². The standard InChI is InChI=1S/C11H23NO/c1-9(2)11(13)6-7-12(8-11)10(3,4)5/h9,13H,6-8H2,1-5H3. The summed E-state index contributed by atoms with van der Waals surface area (Å²) in [5.74, 6) is 0.361. The third-order valence-electron chi connectivity index (χ3n) is 3.30. The fourth-order valence-electron chi connectivity index (χ4n) is 1.86. The van der Waals surface area contributed by atoms with E-state index >= 15 is 0 Å². The highest BCUT2D eigenvalue weighted by Crippen LogP contribution is 2.32. The highest BCUT2D eigenvalue weighted by molar-refractivity contribution is 4.96. The average molecular weight is 185 g/mol. The largest absolute Gasteiger partial charge is 0.388 e. The lowest BCUT2D eigenvalue weighted by molar-refractivity contribution is -0.00412. The van der Waals surface area contributed by atoms with E-state index in [1.165, 1.54) is 0 Å². The van der Waals surface area contributed by atoms with Crippen LogP contribution >= 0.6 is 0 Å². The molecule has 0 aromatic heterocycles. The highest BCUT2D eigenvalue weighted by atomic mass is 16.3. The lowest BCUT2D eigenvalue weighted by Crippen LogP contribution is -2.44. The molecule has 0 spiro atoms. The van der Waals surface area contributed by atoms with Gasteiger partial charge in [-0.1, -0.05) is 13.8 Å². The topological polar surface area (TPSA) is 23.5 Å². The van der Waals surface area contributed by atoms with Crippen LogP contribution in [0.25, 0.3) is 0 Å². The summed E-state index contributed by atoms with van der Waals surface area (Å²) in [6.45, 7) is 12.7. The number of hydrogen-bond acceptors (Lipinski definition) is 2. The van der Waals surface area contributed by atoms with Gasteiger partial charge in [-0.3, -0.25) is 4.90 Å². The van der Waals surface area contributed by atoms with E-state index in [4.69, 9.17) is 0 Å². The van der Waals surface area contributed by atoms with Crippen molar-refractivity contribution in [3.63, 3.8) is 0 Å². The summed E-state index contributed by atoms with van der Waals surface area (Å²) in [5.41, 5.74) is -0.257. The quantitative estimate of drug-likeness (QED) is 0.674. The molecule has 2 nitrogen and oxygen atoms in total. The first-order chi connectivity index (χ1) is 5.76. The number of nitrogens with zero attached hydrogens (tertiary/aromatic N) is 1. The van der Waals surface area contributed by atoms with Crippen LogP contribution in [0.3, 0.4) is 0 Å². The Morgan fingerprint density at radius 1 is 1.31 bits per heavy atom. The van der Waals surface area contributed by atoms with Crippen molar-refractivity contribution in [1.82, 2.24) is 4.90 Å². The lowest BCUT2D eigenvalue weighted by Gasteiger charge is -2.34. The van der Waals surface area contributed by atoms with Gasteiger partial charge in [0.15, 0.2) is 0 Å². The molecule has 0 bridgehead atoms. The van der Waals surface area contributed by atoms with Gasteiger partial charge in [-0.2, -0.15) is 0 Å². The first-order valence-corrected chi connectivity index (χ1v) is 5.23. The molecule has 78 valence electrons. The van der Waals surface area contributed by atoms with E-state index in [2.05, 4.69) is 39.5 Å². The normalized spacial score (nSPS) is 31.6. The van der Waals surface area contributed by atoms with Crippen molar-refractivity contribution < 1.29 is 5.11 Å². The first-order valence-electron chi connectivity index (χ1n) is 5.23. The summed E-state index contributed by atoms with van der Waals surface area (Å²) < 4.78 is 0. The molecule has 0 saturated carbocycles. The minimum atomic E-state index is -0.451. The maximum Gasteiger partial charge on any atom is 0.0809 e. The zero-order valence-corrected chi connectivity index (χ0v) is 9.59.